The summed E-state index contributed by atoms with van der Waals surface area (Å²) in [7, 11) is -1.53. The summed E-state index contributed by atoms with van der Waals surface area (Å²) in [5.41, 5.74) is 0. The molecular weight excluding hydrogens is 296 g/mol. The highest BCUT2D eigenvalue weighted by Gasteiger charge is 2.29. The van der Waals surface area contributed by atoms with Gasteiger partial charge in [0.1, 0.15) is 0 Å². The Labute approximate surface area is 127 Å². The van der Waals surface area contributed by atoms with Crippen molar-refractivity contribution in [3.05, 3.63) is 0 Å². The van der Waals surface area contributed by atoms with Crippen molar-refractivity contribution >= 4 is 27.7 Å². The Hall–Kier alpha value is -0.270. The zero-order valence-corrected chi connectivity index (χ0v) is 14.7. The Morgan fingerprint density at radius 3 is 2.20 bits per heavy atom. The molecule has 0 aromatic carbocycles. The van der Waals surface area contributed by atoms with Gasteiger partial charge in [0.15, 0.2) is 0 Å². The third kappa shape index (κ3) is 5.61. The number of carbonyl (C=O) groups is 1. The van der Waals surface area contributed by atoms with E-state index in [4.69, 9.17) is 0 Å². The van der Waals surface area contributed by atoms with Gasteiger partial charge in [-0.2, -0.15) is 0 Å². The second kappa shape index (κ2) is 6.66. The Morgan fingerprint density at radius 1 is 1.30 bits per heavy atom. The Morgan fingerprint density at radius 2 is 1.80 bits per heavy atom. The minimum atomic E-state index is -3.14. The van der Waals surface area contributed by atoms with Crippen molar-refractivity contribution < 1.29 is 13.2 Å². The first-order valence-corrected chi connectivity index (χ1v) is 9.69. The molecule has 0 atom stereocenters. The zero-order chi connectivity index (χ0) is 15.6. The number of piperidine rings is 1. The fourth-order valence-electron chi connectivity index (χ4n) is 2.12. The van der Waals surface area contributed by atoms with E-state index in [2.05, 4.69) is 20.8 Å². The fourth-order valence-corrected chi connectivity index (χ4v) is 3.61. The number of thioether (sulfide) groups is 1. The molecule has 0 aromatic heterocycles. The van der Waals surface area contributed by atoms with Crippen LogP contribution in [0.15, 0.2) is 0 Å². The molecule has 1 aliphatic rings. The molecule has 0 aromatic rings. The lowest BCUT2D eigenvalue weighted by molar-refractivity contribution is -0.129. The van der Waals surface area contributed by atoms with Gasteiger partial charge >= 0.3 is 0 Å². The van der Waals surface area contributed by atoms with Crippen molar-refractivity contribution in [3.63, 3.8) is 0 Å². The van der Waals surface area contributed by atoms with Gasteiger partial charge in [0.2, 0.25) is 15.9 Å². The van der Waals surface area contributed by atoms with E-state index in [1.807, 2.05) is 4.90 Å². The van der Waals surface area contributed by atoms with Crippen LogP contribution in [-0.2, 0) is 14.8 Å². The van der Waals surface area contributed by atoms with Gasteiger partial charge in [0, 0.05) is 30.9 Å². The second-order valence-corrected chi connectivity index (χ2v) is 10.1. The van der Waals surface area contributed by atoms with Crippen LogP contribution in [0.5, 0.6) is 0 Å². The summed E-state index contributed by atoms with van der Waals surface area (Å²) in [6.07, 6.45) is 2.66. The third-order valence-electron chi connectivity index (χ3n) is 3.48. The first kappa shape index (κ1) is 17.8. The molecule has 1 heterocycles. The molecule has 20 heavy (non-hydrogen) atoms. The maximum atomic E-state index is 12.1. The van der Waals surface area contributed by atoms with Gasteiger partial charge in [-0.1, -0.05) is 20.8 Å². The second-order valence-electron chi connectivity index (χ2n) is 6.29. The van der Waals surface area contributed by atoms with Gasteiger partial charge in [-0.3, -0.25) is 4.79 Å². The summed E-state index contributed by atoms with van der Waals surface area (Å²) in [5.74, 6) is 0.654. The lowest BCUT2D eigenvalue weighted by atomic mass is 10.1. The van der Waals surface area contributed by atoms with Gasteiger partial charge in [-0.15, -0.1) is 11.8 Å². The van der Waals surface area contributed by atoms with Crippen LogP contribution in [0.3, 0.4) is 0 Å². The fraction of sp³-hybridized carbons (Fsp3) is 0.923. The van der Waals surface area contributed by atoms with Crippen LogP contribution in [0.4, 0.5) is 0 Å². The predicted molar refractivity (Wildman–Crippen MR) is 84.4 cm³/mol. The average Bonchev–Trinajstić information content (AvgIpc) is 2.33. The van der Waals surface area contributed by atoms with E-state index in [0.717, 1.165) is 12.8 Å². The molecule has 7 heteroatoms. The van der Waals surface area contributed by atoms with Gasteiger partial charge in [-0.25, -0.2) is 12.7 Å². The van der Waals surface area contributed by atoms with Crippen LogP contribution in [0.2, 0.25) is 0 Å². The molecule has 5 nitrogen and oxygen atoms in total. The van der Waals surface area contributed by atoms with Crippen LogP contribution >= 0.6 is 11.8 Å². The molecule has 1 saturated heterocycles. The molecule has 0 N–H and O–H groups in total. The molecule has 118 valence electrons. The predicted octanol–water partition coefficient (Wildman–Crippen LogP) is 1.40. The van der Waals surface area contributed by atoms with Gasteiger partial charge in [0.05, 0.1) is 12.0 Å². The highest BCUT2D eigenvalue weighted by atomic mass is 32.2. The number of carbonyl (C=O) groups excluding carboxylic acids is 1. The number of hydrogen-bond donors (Lipinski definition) is 0. The summed E-state index contributed by atoms with van der Waals surface area (Å²) in [6.45, 7) is 7.58. The molecule has 0 spiro atoms. The van der Waals surface area contributed by atoms with Crippen LogP contribution < -0.4 is 0 Å². The van der Waals surface area contributed by atoms with Crippen molar-refractivity contribution in [1.29, 1.82) is 0 Å². The molecule has 1 aliphatic heterocycles. The number of nitrogens with zero attached hydrogens (tertiary/aromatic N) is 2. The first-order chi connectivity index (χ1) is 9.00. The maximum absolute atomic E-state index is 12.1. The lowest BCUT2D eigenvalue weighted by Gasteiger charge is -2.36. The molecular formula is C13H26N2O3S2. The van der Waals surface area contributed by atoms with Crippen molar-refractivity contribution in [1.82, 2.24) is 9.21 Å². The highest BCUT2D eigenvalue weighted by molar-refractivity contribution is 8.01. The Balaban J connectivity index is 2.44. The highest BCUT2D eigenvalue weighted by Crippen LogP contribution is 2.24. The van der Waals surface area contributed by atoms with Crippen molar-refractivity contribution in [3.8, 4) is 0 Å². The first-order valence-electron chi connectivity index (χ1n) is 6.85. The lowest BCUT2D eigenvalue weighted by Crippen LogP contribution is -2.47. The number of likely N-dealkylation sites (tertiary alicyclic amines) is 1. The molecule has 1 fully saturated rings. The summed E-state index contributed by atoms with van der Waals surface area (Å²) >= 11 is 1.65. The quantitative estimate of drug-likeness (QED) is 0.785. The van der Waals surface area contributed by atoms with Gasteiger partial charge in [-0.05, 0) is 12.8 Å². The molecule has 0 radical (unpaired) electrons. The van der Waals surface area contributed by atoms with E-state index < -0.39 is 10.0 Å². The summed E-state index contributed by atoms with van der Waals surface area (Å²) in [5, 5.41) is 0. The van der Waals surface area contributed by atoms with E-state index in [-0.39, 0.29) is 16.7 Å². The smallest absolute Gasteiger partial charge is 0.232 e. The average molecular weight is 322 g/mol. The molecule has 0 saturated carbocycles. The number of sulfonamides is 1. The van der Waals surface area contributed by atoms with Crippen molar-refractivity contribution in [2.45, 2.75) is 44.4 Å². The van der Waals surface area contributed by atoms with Crippen LogP contribution in [0.25, 0.3) is 0 Å². The summed E-state index contributed by atoms with van der Waals surface area (Å²) in [6, 6.07) is 0.0179. The molecule has 0 unspecified atom stereocenters. The van der Waals surface area contributed by atoms with E-state index in [1.54, 1.807) is 18.8 Å². The summed E-state index contributed by atoms with van der Waals surface area (Å²) in [4.78, 5) is 13.9. The molecule has 0 bridgehead atoms. The molecule has 1 rings (SSSR count). The molecule has 0 aliphatic carbocycles. The van der Waals surface area contributed by atoms with Crippen LogP contribution in [0, 0.1) is 0 Å². The maximum Gasteiger partial charge on any atom is 0.232 e. The minimum absolute atomic E-state index is 0.0179. The standard InChI is InChI=1S/C13H26N2O3S2/c1-13(2,3)19-10-12(16)15-8-6-11(7-9-15)14(4)20(5,17)18/h11H,6-10H2,1-5H3. The zero-order valence-electron chi connectivity index (χ0n) is 13.0. The number of hydrogen-bond acceptors (Lipinski definition) is 4. The SMILES string of the molecule is CN(C1CCN(C(=O)CSC(C)(C)C)CC1)S(C)(=O)=O. The topological polar surface area (TPSA) is 57.7 Å². The minimum Gasteiger partial charge on any atom is -0.342 e. The third-order valence-corrected chi connectivity index (χ3v) is 6.08. The Bertz CT molecular complexity index is 435. The monoisotopic (exact) mass is 322 g/mol. The van der Waals surface area contributed by atoms with Gasteiger partial charge in [0.25, 0.3) is 0 Å². The van der Waals surface area contributed by atoms with Crippen LogP contribution in [0.1, 0.15) is 33.6 Å². The van der Waals surface area contributed by atoms with E-state index in [0.29, 0.717) is 18.8 Å². The molecule has 1 amide bonds. The van der Waals surface area contributed by atoms with E-state index in [9.17, 15) is 13.2 Å². The van der Waals surface area contributed by atoms with Crippen molar-refractivity contribution in [2.24, 2.45) is 0 Å². The van der Waals surface area contributed by atoms with Gasteiger partial charge < -0.3 is 4.90 Å². The number of rotatable bonds is 4. The van der Waals surface area contributed by atoms with E-state index >= 15 is 0 Å². The summed E-state index contributed by atoms with van der Waals surface area (Å²) < 4.78 is 24.5. The largest absolute Gasteiger partial charge is 0.342 e. The van der Waals surface area contributed by atoms with E-state index in [1.165, 1.54) is 10.6 Å². The number of amides is 1. The van der Waals surface area contributed by atoms with Crippen LogP contribution in [-0.4, -0.2) is 66.5 Å². The van der Waals surface area contributed by atoms with Crippen molar-refractivity contribution in [2.75, 3.05) is 32.1 Å². The Kier molecular flexibility index (Phi) is 5.92. The normalized spacial score (nSPS) is 18.6.